The van der Waals surface area contributed by atoms with Crippen molar-refractivity contribution in [2.24, 2.45) is 0 Å². The Bertz CT molecular complexity index is 2250. The second kappa shape index (κ2) is 8.05. The molecule has 0 aliphatic heterocycles. The molecule has 0 heterocycles. The van der Waals surface area contributed by atoms with E-state index in [4.69, 9.17) is 0 Å². The fourth-order valence-corrected chi connectivity index (χ4v) is 7.56. The van der Waals surface area contributed by atoms with Crippen LogP contribution in [0, 0.1) is 0 Å². The van der Waals surface area contributed by atoms with Crippen LogP contribution in [-0.4, -0.2) is 0 Å². The van der Waals surface area contributed by atoms with E-state index in [1.807, 2.05) is 0 Å². The lowest BCUT2D eigenvalue weighted by atomic mass is 9.81. The standard InChI is InChI=1S/C41H28/c1-41(2)36-21-20-33-32(25-8-4-3-5-9-25)12-7-13-34(33)40(36)35-19-18-28(24-37(35)41)31-22-29-16-14-26-10-6-11-27-15-17-30(23-31)39(29)38(26)27/h3-24H,1-2H3. The van der Waals surface area contributed by atoms with Crippen molar-refractivity contribution in [3.63, 3.8) is 0 Å². The van der Waals surface area contributed by atoms with Crippen LogP contribution in [0.15, 0.2) is 133 Å². The van der Waals surface area contributed by atoms with E-state index in [0.717, 1.165) is 0 Å². The average Bonchev–Trinajstić information content (AvgIpc) is 3.26. The molecule has 0 radical (unpaired) electrons. The molecule has 8 aromatic carbocycles. The van der Waals surface area contributed by atoms with Gasteiger partial charge in [0.1, 0.15) is 0 Å². The van der Waals surface area contributed by atoms with E-state index in [2.05, 4.69) is 147 Å². The Labute approximate surface area is 239 Å². The van der Waals surface area contributed by atoms with Crippen molar-refractivity contribution < 1.29 is 0 Å². The normalized spacial score (nSPS) is 13.8. The molecular weight excluding hydrogens is 492 g/mol. The summed E-state index contributed by atoms with van der Waals surface area (Å²) in [7, 11) is 0. The van der Waals surface area contributed by atoms with Crippen molar-refractivity contribution >= 4 is 43.1 Å². The van der Waals surface area contributed by atoms with Crippen molar-refractivity contribution in [2.45, 2.75) is 19.3 Å². The van der Waals surface area contributed by atoms with Gasteiger partial charge in [0.25, 0.3) is 0 Å². The fourth-order valence-electron chi connectivity index (χ4n) is 7.56. The molecule has 192 valence electrons. The van der Waals surface area contributed by atoms with Crippen molar-refractivity contribution in [3.05, 3.63) is 145 Å². The van der Waals surface area contributed by atoms with E-state index < -0.39 is 0 Å². The summed E-state index contributed by atoms with van der Waals surface area (Å²) in [6, 6.07) is 49.9. The lowest BCUT2D eigenvalue weighted by Crippen LogP contribution is -2.15. The van der Waals surface area contributed by atoms with E-state index in [1.165, 1.54) is 87.6 Å². The maximum absolute atomic E-state index is 2.45. The van der Waals surface area contributed by atoms with Crippen LogP contribution in [0.3, 0.4) is 0 Å². The number of hydrogen-bond donors (Lipinski definition) is 0. The van der Waals surface area contributed by atoms with E-state index in [-0.39, 0.29) is 5.41 Å². The van der Waals surface area contributed by atoms with Gasteiger partial charge >= 0.3 is 0 Å². The predicted octanol–water partition coefficient (Wildman–Crippen LogP) is 11.4. The van der Waals surface area contributed by atoms with Crippen molar-refractivity contribution in [1.29, 1.82) is 0 Å². The van der Waals surface area contributed by atoms with Gasteiger partial charge in [0, 0.05) is 5.41 Å². The third kappa shape index (κ3) is 3.11. The van der Waals surface area contributed by atoms with Crippen LogP contribution >= 0.6 is 0 Å². The number of benzene rings is 8. The molecule has 1 aliphatic rings. The van der Waals surface area contributed by atoms with Crippen molar-refractivity contribution in [2.75, 3.05) is 0 Å². The lowest BCUT2D eigenvalue weighted by molar-refractivity contribution is 0.661. The molecule has 41 heavy (non-hydrogen) atoms. The minimum absolute atomic E-state index is 0.0757. The maximum Gasteiger partial charge on any atom is 0.0159 e. The molecule has 0 nitrogen and oxygen atoms in total. The third-order valence-corrected chi connectivity index (χ3v) is 9.58. The summed E-state index contributed by atoms with van der Waals surface area (Å²) in [4.78, 5) is 0. The monoisotopic (exact) mass is 520 g/mol. The maximum atomic E-state index is 2.45. The van der Waals surface area contributed by atoms with Gasteiger partial charge in [0.2, 0.25) is 0 Å². The Morgan fingerprint density at radius 1 is 0.390 bits per heavy atom. The van der Waals surface area contributed by atoms with Gasteiger partial charge in [-0.25, -0.2) is 0 Å². The Kier molecular flexibility index (Phi) is 4.49. The highest BCUT2D eigenvalue weighted by Crippen LogP contribution is 2.53. The molecule has 0 aromatic heterocycles. The summed E-state index contributed by atoms with van der Waals surface area (Å²) in [6.07, 6.45) is 0. The predicted molar refractivity (Wildman–Crippen MR) is 176 cm³/mol. The number of hydrogen-bond acceptors (Lipinski definition) is 0. The van der Waals surface area contributed by atoms with Crippen LogP contribution in [-0.2, 0) is 5.41 Å². The van der Waals surface area contributed by atoms with Crippen molar-refractivity contribution in [1.82, 2.24) is 0 Å². The van der Waals surface area contributed by atoms with Gasteiger partial charge in [-0.3, -0.25) is 0 Å². The number of fused-ring (bicyclic) bond motifs is 5. The van der Waals surface area contributed by atoms with Crippen LogP contribution in [0.1, 0.15) is 25.0 Å². The zero-order valence-corrected chi connectivity index (χ0v) is 23.2. The van der Waals surface area contributed by atoms with Gasteiger partial charge in [-0.15, -0.1) is 0 Å². The second-order valence-corrected chi connectivity index (χ2v) is 12.1. The molecule has 8 aromatic rings. The first kappa shape index (κ1) is 22.8. The van der Waals surface area contributed by atoms with Crippen LogP contribution in [0.25, 0.3) is 76.5 Å². The minimum atomic E-state index is -0.0757. The molecule has 0 saturated carbocycles. The van der Waals surface area contributed by atoms with E-state index in [0.29, 0.717) is 0 Å². The van der Waals surface area contributed by atoms with E-state index >= 15 is 0 Å². The van der Waals surface area contributed by atoms with Crippen LogP contribution in [0.5, 0.6) is 0 Å². The SMILES string of the molecule is CC1(C)c2cc(-c3cc4ccc5cccc6ccc(c3)c4c56)ccc2-c2c1ccc1c(-c3ccccc3)cccc21. The Hall–Kier alpha value is -4.94. The molecule has 0 bridgehead atoms. The van der Waals surface area contributed by atoms with Gasteiger partial charge in [0.15, 0.2) is 0 Å². The molecule has 0 heteroatoms. The molecule has 0 saturated heterocycles. The molecular formula is C41H28. The first-order chi connectivity index (χ1) is 20.1. The summed E-state index contributed by atoms with van der Waals surface area (Å²) in [5.74, 6) is 0. The topological polar surface area (TPSA) is 0 Å². The summed E-state index contributed by atoms with van der Waals surface area (Å²) in [5.41, 5.74) is 10.6. The van der Waals surface area contributed by atoms with Crippen LogP contribution in [0.4, 0.5) is 0 Å². The quantitative estimate of drug-likeness (QED) is 0.199. The van der Waals surface area contributed by atoms with Gasteiger partial charge < -0.3 is 0 Å². The molecule has 9 rings (SSSR count). The highest BCUT2D eigenvalue weighted by Gasteiger charge is 2.36. The van der Waals surface area contributed by atoms with Crippen LogP contribution in [0.2, 0.25) is 0 Å². The Morgan fingerprint density at radius 2 is 1.07 bits per heavy atom. The van der Waals surface area contributed by atoms with Crippen LogP contribution < -0.4 is 0 Å². The molecule has 0 amide bonds. The molecule has 0 atom stereocenters. The first-order valence-corrected chi connectivity index (χ1v) is 14.5. The van der Waals surface area contributed by atoms with Gasteiger partial charge in [-0.05, 0) is 106 Å². The summed E-state index contributed by atoms with van der Waals surface area (Å²) in [5, 5.41) is 10.7. The summed E-state index contributed by atoms with van der Waals surface area (Å²) < 4.78 is 0. The van der Waals surface area contributed by atoms with E-state index in [9.17, 15) is 0 Å². The minimum Gasteiger partial charge on any atom is -0.0622 e. The van der Waals surface area contributed by atoms with Gasteiger partial charge in [-0.2, -0.15) is 0 Å². The van der Waals surface area contributed by atoms with Gasteiger partial charge in [0.05, 0.1) is 0 Å². The zero-order valence-electron chi connectivity index (χ0n) is 23.2. The molecule has 1 aliphatic carbocycles. The molecule has 0 fully saturated rings. The summed E-state index contributed by atoms with van der Waals surface area (Å²) in [6.45, 7) is 4.77. The highest BCUT2D eigenvalue weighted by molar-refractivity contribution is 6.23. The molecule has 0 unspecified atom stereocenters. The Morgan fingerprint density at radius 3 is 1.83 bits per heavy atom. The number of rotatable bonds is 2. The first-order valence-electron chi connectivity index (χ1n) is 14.5. The van der Waals surface area contributed by atoms with E-state index in [1.54, 1.807) is 0 Å². The highest BCUT2D eigenvalue weighted by atomic mass is 14.4. The van der Waals surface area contributed by atoms with Crippen molar-refractivity contribution in [3.8, 4) is 33.4 Å². The largest absolute Gasteiger partial charge is 0.0622 e. The fraction of sp³-hybridized carbons (Fsp3) is 0.0732. The molecule has 0 N–H and O–H groups in total. The second-order valence-electron chi connectivity index (χ2n) is 12.1. The van der Waals surface area contributed by atoms with Gasteiger partial charge in [-0.1, -0.05) is 129 Å². The summed E-state index contributed by atoms with van der Waals surface area (Å²) >= 11 is 0. The third-order valence-electron chi connectivity index (χ3n) is 9.58. The smallest absolute Gasteiger partial charge is 0.0159 e. The average molecular weight is 521 g/mol. The molecule has 0 spiro atoms. The lowest BCUT2D eigenvalue weighted by Gasteiger charge is -2.22. The zero-order chi connectivity index (χ0) is 27.3. The Balaban J connectivity index is 1.24.